The fourth-order valence-electron chi connectivity index (χ4n) is 3.16. The van der Waals surface area contributed by atoms with Crippen LogP contribution in [0.15, 0.2) is 48.5 Å². The number of carbonyl (C=O) groups excluding carboxylic acids is 2. The molecule has 166 valence electrons. The van der Waals surface area contributed by atoms with Crippen LogP contribution in [0.4, 0.5) is 19.3 Å². The number of hydrogen-bond donors (Lipinski definition) is 5. The van der Waals surface area contributed by atoms with Crippen LogP contribution in [0.5, 0.6) is 0 Å². The number of hydrogen-bond acceptors (Lipinski definition) is 5. The summed E-state index contributed by atoms with van der Waals surface area (Å²) in [7, 11) is 0. The Bertz CT molecular complexity index is 912. The predicted molar refractivity (Wildman–Crippen MR) is 107 cm³/mol. The van der Waals surface area contributed by atoms with Crippen molar-refractivity contribution in [2.75, 3.05) is 11.9 Å². The molecule has 5 N–H and O–H groups in total. The van der Waals surface area contributed by atoms with Crippen molar-refractivity contribution in [3.63, 3.8) is 0 Å². The van der Waals surface area contributed by atoms with Crippen LogP contribution in [0.2, 0.25) is 0 Å². The second-order valence-corrected chi connectivity index (χ2v) is 7.15. The second-order valence-electron chi connectivity index (χ2n) is 7.15. The van der Waals surface area contributed by atoms with E-state index >= 15 is 0 Å². The van der Waals surface area contributed by atoms with Crippen molar-refractivity contribution in [2.24, 2.45) is 0 Å². The molecule has 31 heavy (non-hydrogen) atoms. The monoisotopic (exact) mass is 435 g/mol. The molecule has 2 aromatic rings. The van der Waals surface area contributed by atoms with Gasteiger partial charge in [-0.1, -0.05) is 18.2 Å². The van der Waals surface area contributed by atoms with Crippen LogP contribution in [0, 0.1) is 11.6 Å². The molecule has 0 aliphatic carbocycles. The van der Waals surface area contributed by atoms with E-state index < -0.39 is 42.2 Å². The molecule has 3 amide bonds. The lowest BCUT2D eigenvalue weighted by Gasteiger charge is -2.16. The fourth-order valence-corrected chi connectivity index (χ4v) is 3.16. The van der Waals surface area contributed by atoms with Gasteiger partial charge in [0.1, 0.15) is 29.9 Å². The van der Waals surface area contributed by atoms with Crippen LogP contribution in [0.25, 0.3) is 0 Å². The Kier molecular flexibility index (Phi) is 7.50. The van der Waals surface area contributed by atoms with Crippen molar-refractivity contribution in [2.45, 2.75) is 37.4 Å². The molecular formula is C21H23F2N3O5. The first kappa shape index (κ1) is 22.6. The zero-order valence-corrected chi connectivity index (χ0v) is 16.4. The number of rotatable bonds is 7. The highest BCUT2D eigenvalue weighted by Gasteiger charge is 2.43. The maximum atomic E-state index is 13.2. The van der Waals surface area contributed by atoms with Gasteiger partial charge in [-0.2, -0.15) is 0 Å². The minimum absolute atomic E-state index is 0.132. The smallest absolute Gasteiger partial charge is 0.319 e. The summed E-state index contributed by atoms with van der Waals surface area (Å²) < 4.78 is 31.6. The quantitative estimate of drug-likeness (QED) is 0.449. The molecule has 1 aliphatic heterocycles. The second kappa shape index (κ2) is 10.3. The summed E-state index contributed by atoms with van der Waals surface area (Å²) >= 11 is 0. The Balaban J connectivity index is 1.43. The maximum absolute atomic E-state index is 13.2. The van der Waals surface area contributed by atoms with E-state index in [9.17, 15) is 28.6 Å². The highest BCUT2D eigenvalue weighted by atomic mass is 19.1. The van der Waals surface area contributed by atoms with Crippen molar-refractivity contribution in [3.05, 3.63) is 65.7 Å². The van der Waals surface area contributed by atoms with Gasteiger partial charge in [-0.15, -0.1) is 0 Å². The van der Waals surface area contributed by atoms with E-state index in [0.717, 1.165) is 6.07 Å². The summed E-state index contributed by atoms with van der Waals surface area (Å²) in [6.07, 6.45) is -4.70. The summed E-state index contributed by atoms with van der Waals surface area (Å²) in [5, 5.41) is 27.8. The zero-order valence-electron chi connectivity index (χ0n) is 16.4. The molecule has 0 saturated carbocycles. The molecule has 1 fully saturated rings. The fraction of sp³-hybridized carbons (Fsp3) is 0.333. The lowest BCUT2D eigenvalue weighted by atomic mass is 10.1. The van der Waals surface area contributed by atoms with E-state index in [1.165, 1.54) is 42.5 Å². The zero-order chi connectivity index (χ0) is 22.4. The topological polar surface area (TPSA) is 120 Å². The van der Waals surface area contributed by atoms with Crippen molar-refractivity contribution < 1.29 is 33.3 Å². The third-order valence-corrected chi connectivity index (χ3v) is 4.80. The summed E-state index contributed by atoms with van der Waals surface area (Å²) in [6.45, 7) is 0.0444. The lowest BCUT2D eigenvalue weighted by Crippen LogP contribution is -2.41. The van der Waals surface area contributed by atoms with E-state index in [0.29, 0.717) is 5.56 Å². The van der Waals surface area contributed by atoms with Gasteiger partial charge in [-0.25, -0.2) is 13.6 Å². The van der Waals surface area contributed by atoms with Crippen LogP contribution < -0.4 is 16.0 Å². The Morgan fingerprint density at radius 2 is 1.65 bits per heavy atom. The molecule has 4 atom stereocenters. The Morgan fingerprint density at radius 3 is 2.35 bits per heavy atom. The number of aliphatic hydroxyl groups excluding tert-OH is 2. The molecule has 1 heterocycles. The summed E-state index contributed by atoms with van der Waals surface area (Å²) in [6, 6.07) is 10.3. The number of aliphatic hydroxyl groups is 2. The third kappa shape index (κ3) is 6.45. The number of urea groups is 1. The van der Waals surface area contributed by atoms with E-state index in [1.54, 1.807) is 0 Å². The standard InChI is InChI=1S/C21H23F2N3O5/c22-13-6-4-12(5-7-13)10-24-18(27)9-16-19(28)20(29)17(31-16)11-25-21(30)26-15-3-1-2-14(23)8-15/h1-8,16-17,19-20,28-29H,9-11H2,(H,24,27)(H2,25,26,30)/t16-,17+,19-,20+/m0/s1. The Hall–Kier alpha value is -3.08. The third-order valence-electron chi connectivity index (χ3n) is 4.80. The number of ether oxygens (including phenoxy) is 1. The molecule has 2 aromatic carbocycles. The van der Waals surface area contributed by atoms with Gasteiger partial charge in [-0.3, -0.25) is 4.79 Å². The molecule has 0 bridgehead atoms. The number of carbonyl (C=O) groups is 2. The molecular weight excluding hydrogens is 412 g/mol. The predicted octanol–water partition coefficient (Wildman–Crippen LogP) is 1.28. The first-order valence-corrected chi connectivity index (χ1v) is 9.65. The Labute approximate surface area is 177 Å². The average molecular weight is 435 g/mol. The highest BCUT2D eigenvalue weighted by Crippen LogP contribution is 2.23. The van der Waals surface area contributed by atoms with Crippen LogP contribution in [0.1, 0.15) is 12.0 Å². The van der Waals surface area contributed by atoms with Gasteiger partial charge in [0, 0.05) is 18.8 Å². The van der Waals surface area contributed by atoms with Crippen molar-refractivity contribution >= 4 is 17.6 Å². The number of benzene rings is 2. The maximum Gasteiger partial charge on any atom is 0.319 e. The highest BCUT2D eigenvalue weighted by molar-refractivity contribution is 5.89. The van der Waals surface area contributed by atoms with Crippen molar-refractivity contribution in [1.82, 2.24) is 10.6 Å². The van der Waals surface area contributed by atoms with Gasteiger partial charge in [0.15, 0.2) is 0 Å². The summed E-state index contributed by atoms with van der Waals surface area (Å²) in [5.41, 5.74) is 0.954. The van der Waals surface area contributed by atoms with Gasteiger partial charge in [0.2, 0.25) is 5.91 Å². The summed E-state index contributed by atoms with van der Waals surface area (Å²) in [4.78, 5) is 24.1. The van der Waals surface area contributed by atoms with E-state index in [4.69, 9.17) is 4.74 Å². The first-order valence-electron chi connectivity index (χ1n) is 9.65. The lowest BCUT2D eigenvalue weighted by molar-refractivity contribution is -0.125. The van der Waals surface area contributed by atoms with Gasteiger partial charge in [0.05, 0.1) is 12.5 Å². The molecule has 0 spiro atoms. The van der Waals surface area contributed by atoms with Gasteiger partial charge in [0.25, 0.3) is 0 Å². The van der Waals surface area contributed by atoms with Crippen LogP contribution >= 0.6 is 0 Å². The number of anilines is 1. The Morgan fingerprint density at radius 1 is 0.935 bits per heavy atom. The minimum atomic E-state index is -1.31. The molecule has 1 saturated heterocycles. The molecule has 0 unspecified atom stereocenters. The van der Waals surface area contributed by atoms with Gasteiger partial charge < -0.3 is 30.9 Å². The molecule has 0 aromatic heterocycles. The van der Waals surface area contributed by atoms with Gasteiger partial charge >= 0.3 is 6.03 Å². The summed E-state index contributed by atoms with van der Waals surface area (Å²) in [5.74, 6) is -1.30. The molecule has 10 heteroatoms. The van der Waals surface area contributed by atoms with Crippen LogP contribution in [-0.4, -0.2) is 53.1 Å². The van der Waals surface area contributed by atoms with Crippen LogP contribution in [-0.2, 0) is 16.1 Å². The molecule has 0 radical (unpaired) electrons. The molecule has 8 nitrogen and oxygen atoms in total. The molecule has 1 aliphatic rings. The van der Waals surface area contributed by atoms with E-state index in [2.05, 4.69) is 16.0 Å². The van der Waals surface area contributed by atoms with Crippen molar-refractivity contribution in [1.29, 1.82) is 0 Å². The number of halogens is 2. The van der Waals surface area contributed by atoms with Crippen LogP contribution in [0.3, 0.4) is 0 Å². The van der Waals surface area contributed by atoms with Crippen molar-refractivity contribution in [3.8, 4) is 0 Å². The van der Waals surface area contributed by atoms with E-state index in [-0.39, 0.29) is 31.0 Å². The normalized spacial score (nSPS) is 22.7. The number of nitrogens with one attached hydrogen (secondary N) is 3. The molecule has 3 rings (SSSR count). The average Bonchev–Trinajstić information content (AvgIpc) is 2.99. The number of amides is 3. The largest absolute Gasteiger partial charge is 0.388 e. The van der Waals surface area contributed by atoms with Gasteiger partial charge in [-0.05, 0) is 35.9 Å². The minimum Gasteiger partial charge on any atom is -0.388 e. The SMILES string of the molecule is O=C(C[C@@H]1O[C@H](CNC(=O)Nc2cccc(F)c2)[C@@H](O)[C@H]1O)NCc1ccc(F)cc1. The first-order chi connectivity index (χ1) is 14.8. The van der Waals surface area contributed by atoms with E-state index in [1.807, 2.05) is 0 Å².